The summed E-state index contributed by atoms with van der Waals surface area (Å²) in [5, 5.41) is 2.69. The maximum Gasteiger partial charge on any atom is 0.232 e. The molecule has 0 fully saturated rings. The second kappa shape index (κ2) is 7.13. The molecule has 118 valence electrons. The van der Waals surface area contributed by atoms with Crippen LogP contribution in [0.25, 0.3) is 0 Å². The molecule has 6 nitrogen and oxygen atoms in total. The Hall–Kier alpha value is -2.28. The summed E-state index contributed by atoms with van der Waals surface area (Å²) >= 11 is 0. The van der Waals surface area contributed by atoms with Crippen LogP contribution in [0, 0.1) is 0 Å². The van der Waals surface area contributed by atoms with Gasteiger partial charge in [0, 0.05) is 13.0 Å². The van der Waals surface area contributed by atoms with Gasteiger partial charge in [0.2, 0.25) is 15.9 Å². The second-order valence-electron chi connectivity index (χ2n) is 4.78. The fourth-order valence-electron chi connectivity index (χ4n) is 1.97. The Morgan fingerprint density at radius 3 is 2.50 bits per heavy atom. The van der Waals surface area contributed by atoms with E-state index in [-0.39, 0.29) is 25.4 Å². The van der Waals surface area contributed by atoms with Gasteiger partial charge in [-0.05, 0) is 24.3 Å². The molecule has 22 heavy (non-hydrogen) atoms. The first kappa shape index (κ1) is 16.1. The van der Waals surface area contributed by atoms with Crippen molar-refractivity contribution in [2.45, 2.75) is 13.0 Å². The van der Waals surface area contributed by atoms with Crippen LogP contribution in [-0.2, 0) is 21.4 Å². The molecule has 0 aliphatic heterocycles. The lowest BCUT2D eigenvalue weighted by atomic mass is 10.3. The third-order valence-corrected chi connectivity index (χ3v) is 4.22. The van der Waals surface area contributed by atoms with Crippen LogP contribution in [0.3, 0.4) is 0 Å². The van der Waals surface area contributed by atoms with E-state index in [0.29, 0.717) is 11.4 Å². The van der Waals surface area contributed by atoms with Gasteiger partial charge in [0.25, 0.3) is 0 Å². The fourth-order valence-corrected chi connectivity index (χ4v) is 2.90. The number of benzene rings is 1. The van der Waals surface area contributed by atoms with Crippen molar-refractivity contribution in [3.05, 3.63) is 54.5 Å². The van der Waals surface area contributed by atoms with Crippen LogP contribution in [0.15, 0.2) is 53.1 Å². The van der Waals surface area contributed by atoms with E-state index in [2.05, 4.69) is 5.32 Å². The Morgan fingerprint density at radius 1 is 1.18 bits per heavy atom. The van der Waals surface area contributed by atoms with E-state index in [1.165, 1.54) is 10.6 Å². The first-order valence-corrected chi connectivity index (χ1v) is 8.63. The molecule has 0 radical (unpaired) electrons. The smallest absolute Gasteiger partial charge is 0.232 e. The number of anilines is 1. The third-order valence-electron chi connectivity index (χ3n) is 3.03. The van der Waals surface area contributed by atoms with Gasteiger partial charge in [0.1, 0.15) is 5.76 Å². The SMILES string of the molecule is CS(=O)(=O)N(CCC(=O)NCc1ccco1)c1ccccc1. The quantitative estimate of drug-likeness (QED) is 0.842. The molecule has 0 atom stereocenters. The number of hydrogen-bond donors (Lipinski definition) is 1. The zero-order valence-corrected chi connectivity index (χ0v) is 13.0. The lowest BCUT2D eigenvalue weighted by Crippen LogP contribution is -2.34. The predicted molar refractivity (Wildman–Crippen MR) is 83.8 cm³/mol. The average Bonchev–Trinajstić information content (AvgIpc) is 2.98. The molecule has 2 aromatic rings. The molecular formula is C15H18N2O4S. The topological polar surface area (TPSA) is 79.6 Å². The van der Waals surface area contributed by atoms with E-state index in [4.69, 9.17) is 4.42 Å². The molecule has 1 aromatic carbocycles. The van der Waals surface area contributed by atoms with Gasteiger partial charge in [-0.1, -0.05) is 18.2 Å². The number of hydrogen-bond acceptors (Lipinski definition) is 4. The molecule has 0 saturated carbocycles. The highest BCUT2D eigenvalue weighted by atomic mass is 32.2. The summed E-state index contributed by atoms with van der Waals surface area (Å²) < 4.78 is 30.1. The molecule has 0 saturated heterocycles. The Bertz CT molecular complexity index is 696. The summed E-state index contributed by atoms with van der Waals surface area (Å²) in [5.74, 6) is 0.414. The number of furan rings is 1. The zero-order chi connectivity index (χ0) is 16.0. The van der Waals surface area contributed by atoms with Gasteiger partial charge in [0.15, 0.2) is 0 Å². The summed E-state index contributed by atoms with van der Waals surface area (Å²) in [4.78, 5) is 11.8. The molecule has 0 bridgehead atoms. The van der Waals surface area contributed by atoms with E-state index in [1.54, 1.807) is 42.5 Å². The molecule has 1 aromatic heterocycles. The van der Waals surface area contributed by atoms with Gasteiger partial charge in [-0.15, -0.1) is 0 Å². The van der Waals surface area contributed by atoms with Crippen LogP contribution >= 0.6 is 0 Å². The van der Waals surface area contributed by atoms with E-state index in [1.807, 2.05) is 0 Å². The van der Waals surface area contributed by atoms with Crippen LogP contribution in [0.4, 0.5) is 5.69 Å². The number of carbonyl (C=O) groups excluding carboxylic acids is 1. The summed E-state index contributed by atoms with van der Waals surface area (Å²) in [5.41, 5.74) is 0.545. The standard InChI is InChI=1S/C15H18N2O4S/c1-22(19,20)17(13-6-3-2-4-7-13)10-9-15(18)16-12-14-8-5-11-21-14/h2-8,11H,9-10,12H2,1H3,(H,16,18). The van der Waals surface area contributed by atoms with Crippen LogP contribution in [0.1, 0.15) is 12.2 Å². The molecule has 0 aliphatic carbocycles. The Kier molecular flexibility index (Phi) is 5.21. The van der Waals surface area contributed by atoms with Gasteiger partial charge in [-0.3, -0.25) is 9.10 Å². The van der Waals surface area contributed by atoms with E-state index in [9.17, 15) is 13.2 Å². The molecule has 7 heteroatoms. The average molecular weight is 322 g/mol. The number of amides is 1. The number of sulfonamides is 1. The summed E-state index contributed by atoms with van der Waals surface area (Å²) in [6, 6.07) is 12.2. The van der Waals surface area contributed by atoms with Gasteiger partial charge in [0.05, 0.1) is 24.8 Å². The predicted octanol–water partition coefficient (Wildman–Crippen LogP) is 1.75. The third kappa shape index (κ3) is 4.63. The van der Waals surface area contributed by atoms with Gasteiger partial charge in [-0.2, -0.15) is 0 Å². The number of para-hydroxylation sites is 1. The molecule has 0 unspecified atom stereocenters. The highest BCUT2D eigenvalue weighted by Gasteiger charge is 2.18. The molecule has 1 amide bonds. The maximum atomic E-state index is 11.9. The van der Waals surface area contributed by atoms with Crippen molar-refractivity contribution in [1.29, 1.82) is 0 Å². The largest absolute Gasteiger partial charge is 0.467 e. The number of nitrogens with zero attached hydrogens (tertiary/aromatic N) is 1. The van der Waals surface area contributed by atoms with Crippen LogP contribution in [0.2, 0.25) is 0 Å². The normalized spacial score (nSPS) is 11.1. The lowest BCUT2D eigenvalue weighted by Gasteiger charge is -2.22. The molecule has 2 rings (SSSR count). The first-order valence-electron chi connectivity index (χ1n) is 6.78. The second-order valence-corrected chi connectivity index (χ2v) is 6.68. The van der Waals surface area contributed by atoms with Gasteiger partial charge in [-0.25, -0.2) is 8.42 Å². The Labute approximate surface area is 129 Å². The minimum absolute atomic E-state index is 0.0721. The zero-order valence-electron chi connectivity index (χ0n) is 12.2. The summed E-state index contributed by atoms with van der Waals surface area (Å²) in [7, 11) is -3.44. The summed E-state index contributed by atoms with van der Waals surface area (Å²) in [6.07, 6.45) is 2.73. The molecular weight excluding hydrogens is 304 g/mol. The van der Waals surface area contributed by atoms with E-state index >= 15 is 0 Å². The van der Waals surface area contributed by atoms with Crippen LogP contribution < -0.4 is 9.62 Å². The molecule has 1 heterocycles. The number of nitrogens with one attached hydrogen (secondary N) is 1. The fraction of sp³-hybridized carbons (Fsp3) is 0.267. The first-order chi connectivity index (χ1) is 10.5. The Balaban J connectivity index is 1.93. The van der Waals surface area contributed by atoms with E-state index in [0.717, 1.165) is 6.26 Å². The minimum Gasteiger partial charge on any atom is -0.467 e. The highest BCUT2D eigenvalue weighted by Crippen LogP contribution is 2.16. The van der Waals surface area contributed by atoms with Gasteiger partial charge < -0.3 is 9.73 Å². The molecule has 1 N–H and O–H groups in total. The van der Waals surface area contributed by atoms with Crippen molar-refractivity contribution in [3.63, 3.8) is 0 Å². The number of rotatable bonds is 7. The number of carbonyl (C=O) groups is 1. The van der Waals surface area contributed by atoms with Crippen LogP contribution in [0.5, 0.6) is 0 Å². The van der Waals surface area contributed by atoms with Crippen LogP contribution in [-0.4, -0.2) is 27.1 Å². The minimum atomic E-state index is -3.44. The lowest BCUT2D eigenvalue weighted by molar-refractivity contribution is -0.121. The summed E-state index contributed by atoms with van der Waals surface area (Å²) in [6.45, 7) is 0.378. The van der Waals surface area contributed by atoms with Crippen molar-refractivity contribution >= 4 is 21.6 Å². The maximum absolute atomic E-state index is 11.9. The molecule has 0 spiro atoms. The van der Waals surface area contributed by atoms with Crippen molar-refractivity contribution < 1.29 is 17.6 Å². The van der Waals surface area contributed by atoms with Gasteiger partial charge >= 0.3 is 0 Å². The Morgan fingerprint density at radius 2 is 1.91 bits per heavy atom. The molecule has 0 aliphatic rings. The van der Waals surface area contributed by atoms with E-state index < -0.39 is 10.0 Å². The van der Waals surface area contributed by atoms with Crippen molar-refractivity contribution in [3.8, 4) is 0 Å². The van der Waals surface area contributed by atoms with Crippen molar-refractivity contribution in [2.24, 2.45) is 0 Å². The highest BCUT2D eigenvalue weighted by molar-refractivity contribution is 7.92. The van der Waals surface area contributed by atoms with Crippen molar-refractivity contribution in [2.75, 3.05) is 17.1 Å². The van der Waals surface area contributed by atoms with Crippen molar-refractivity contribution in [1.82, 2.24) is 5.32 Å². The monoisotopic (exact) mass is 322 g/mol.